The molecule has 2 aromatic rings. The van der Waals surface area contributed by atoms with Crippen molar-refractivity contribution in [1.82, 2.24) is 9.55 Å². The number of hydrogen-bond donors (Lipinski definition) is 1. The molecule has 0 unspecified atom stereocenters. The number of fused-ring (bicyclic) bond motifs is 1. The summed E-state index contributed by atoms with van der Waals surface area (Å²) in [7, 11) is 0. The van der Waals surface area contributed by atoms with Gasteiger partial charge in [0.15, 0.2) is 0 Å². The van der Waals surface area contributed by atoms with E-state index in [2.05, 4.69) is 24.8 Å². The van der Waals surface area contributed by atoms with Crippen LogP contribution in [-0.4, -0.2) is 20.6 Å². The molecule has 0 saturated carbocycles. The molecule has 4 heteroatoms. The lowest BCUT2D eigenvalue weighted by molar-refractivity contribution is -0.136. The molecule has 0 atom stereocenters. The van der Waals surface area contributed by atoms with E-state index in [9.17, 15) is 4.79 Å². The standard InChI is InChI=1S/C15H16N2O2/c1-4-7-17-13-6-5-11(10(2)3)8-12(13)16-14(17)9-15(18)19/h1,5-6,8,10H,7,9H2,2-3H3,(H,18,19). The maximum atomic E-state index is 10.9. The normalized spacial score (nSPS) is 10.8. The third-order valence-electron chi connectivity index (χ3n) is 3.08. The van der Waals surface area contributed by atoms with E-state index in [1.165, 1.54) is 5.56 Å². The second-order valence-electron chi connectivity index (χ2n) is 4.79. The van der Waals surface area contributed by atoms with Gasteiger partial charge >= 0.3 is 5.97 Å². The minimum absolute atomic E-state index is 0.118. The molecule has 0 fully saturated rings. The molecule has 0 aliphatic carbocycles. The second kappa shape index (κ2) is 5.15. The van der Waals surface area contributed by atoms with Gasteiger partial charge in [-0.1, -0.05) is 25.8 Å². The van der Waals surface area contributed by atoms with Crippen molar-refractivity contribution in [1.29, 1.82) is 0 Å². The van der Waals surface area contributed by atoms with E-state index in [0.29, 0.717) is 18.3 Å². The zero-order valence-corrected chi connectivity index (χ0v) is 11.1. The summed E-state index contributed by atoms with van der Waals surface area (Å²) in [6.07, 6.45) is 5.22. The lowest BCUT2D eigenvalue weighted by Crippen LogP contribution is -2.08. The molecule has 1 heterocycles. The molecule has 0 aliphatic rings. The molecule has 98 valence electrons. The topological polar surface area (TPSA) is 55.1 Å². The van der Waals surface area contributed by atoms with E-state index in [0.717, 1.165) is 11.0 Å². The van der Waals surface area contributed by atoms with Gasteiger partial charge in [-0.2, -0.15) is 0 Å². The Balaban J connectivity index is 2.59. The maximum Gasteiger partial charge on any atom is 0.311 e. The maximum absolute atomic E-state index is 10.9. The first-order valence-corrected chi connectivity index (χ1v) is 6.17. The average molecular weight is 256 g/mol. The number of carbonyl (C=O) groups is 1. The smallest absolute Gasteiger partial charge is 0.311 e. The van der Waals surface area contributed by atoms with Gasteiger partial charge in [-0.15, -0.1) is 6.42 Å². The first-order chi connectivity index (χ1) is 9.02. The highest BCUT2D eigenvalue weighted by Crippen LogP contribution is 2.22. The number of aliphatic carboxylic acids is 1. The van der Waals surface area contributed by atoms with Crippen molar-refractivity contribution in [2.24, 2.45) is 0 Å². The average Bonchev–Trinajstić information content (AvgIpc) is 2.66. The molecule has 19 heavy (non-hydrogen) atoms. The summed E-state index contributed by atoms with van der Waals surface area (Å²) in [5.74, 6) is 2.55. The van der Waals surface area contributed by atoms with E-state index in [-0.39, 0.29) is 6.42 Å². The molecular formula is C15H16N2O2. The van der Waals surface area contributed by atoms with Crippen LogP contribution in [0.1, 0.15) is 31.2 Å². The largest absolute Gasteiger partial charge is 0.481 e. The van der Waals surface area contributed by atoms with Crippen LogP contribution < -0.4 is 0 Å². The number of carboxylic acids is 1. The molecule has 0 radical (unpaired) electrons. The van der Waals surface area contributed by atoms with Crippen LogP contribution in [0.2, 0.25) is 0 Å². The first kappa shape index (κ1) is 13.2. The Bertz CT molecular complexity index is 663. The second-order valence-corrected chi connectivity index (χ2v) is 4.79. The van der Waals surface area contributed by atoms with Gasteiger partial charge in [-0.25, -0.2) is 4.98 Å². The van der Waals surface area contributed by atoms with Crippen molar-refractivity contribution < 1.29 is 9.90 Å². The Hall–Kier alpha value is -2.28. The molecule has 0 aliphatic heterocycles. The van der Waals surface area contributed by atoms with Crippen LogP contribution in [0.4, 0.5) is 0 Å². The Morgan fingerprint density at radius 3 is 2.84 bits per heavy atom. The molecule has 0 bridgehead atoms. The quantitative estimate of drug-likeness (QED) is 0.855. The fraction of sp³-hybridized carbons (Fsp3) is 0.333. The number of benzene rings is 1. The number of carboxylic acid groups (broad SMARTS) is 1. The van der Waals surface area contributed by atoms with Gasteiger partial charge < -0.3 is 9.67 Å². The lowest BCUT2D eigenvalue weighted by atomic mass is 10.0. The highest BCUT2D eigenvalue weighted by atomic mass is 16.4. The lowest BCUT2D eigenvalue weighted by Gasteiger charge is -2.06. The molecule has 1 aromatic heterocycles. The van der Waals surface area contributed by atoms with Crippen molar-refractivity contribution >= 4 is 17.0 Å². The molecular weight excluding hydrogens is 240 g/mol. The number of hydrogen-bond acceptors (Lipinski definition) is 2. The molecule has 4 nitrogen and oxygen atoms in total. The van der Waals surface area contributed by atoms with Crippen LogP contribution >= 0.6 is 0 Å². The molecule has 0 amide bonds. The van der Waals surface area contributed by atoms with E-state index >= 15 is 0 Å². The summed E-state index contributed by atoms with van der Waals surface area (Å²) in [6.45, 7) is 4.55. The van der Waals surface area contributed by atoms with Crippen molar-refractivity contribution in [2.45, 2.75) is 32.7 Å². The molecule has 0 spiro atoms. The summed E-state index contributed by atoms with van der Waals surface area (Å²) in [5.41, 5.74) is 2.87. The highest BCUT2D eigenvalue weighted by Gasteiger charge is 2.13. The fourth-order valence-electron chi connectivity index (χ4n) is 2.09. The van der Waals surface area contributed by atoms with E-state index in [4.69, 9.17) is 11.5 Å². The number of terminal acetylenes is 1. The number of nitrogens with zero attached hydrogens (tertiary/aromatic N) is 2. The monoisotopic (exact) mass is 256 g/mol. The number of aromatic nitrogens is 2. The van der Waals surface area contributed by atoms with Gasteiger partial charge in [0.05, 0.1) is 17.6 Å². The summed E-state index contributed by atoms with van der Waals surface area (Å²) in [6, 6.07) is 5.99. The van der Waals surface area contributed by atoms with E-state index < -0.39 is 5.97 Å². The minimum Gasteiger partial charge on any atom is -0.481 e. The van der Waals surface area contributed by atoms with Crippen molar-refractivity contribution in [3.05, 3.63) is 29.6 Å². The van der Waals surface area contributed by atoms with Crippen LogP contribution in [0.25, 0.3) is 11.0 Å². The van der Waals surface area contributed by atoms with Crippen LogP contribution in [-0.2, 0) is 17.8 Å². The van der Waals surface area contributed by atoms with Crippen LogP contribution in [0.3, 0.4) is 0 Å². The Labute approximate surface area is 112 Å². The molecule has 2 rings (SSSR count). The Kier molecular flexibility index (Phi) is 3.57. The van der Waals surface area contributed by atoms with Gasteiger partial charge in [0, 0.05) is 0 Å². The number of rotatable bonds is 4. The third kappa shape index (κ3) is 2.60. The van der Waals surface area contributed by atoms with Crippen LogP contribution in [0, 0.1) is 12.3 Å². The summed E-state index contributed by atoms with van der Waals surface area (Å²) in [5, 5.41) is 8.92. The van der Waals surface area contributed by atoms with Gasteiger partial charge in [-0.3, -0.25) is 4.79 Å². The summed E-state index contributed by atoms with van der Waals surface area (Å²) < 4.78 is 1.79. The van der Waals surface area contributed by atoms with E-state index in [1.54, 1.807) is 4.57 Å². The third-order valence-corrected chi connectivity index (χ3v) is 3.08. The predicted octanol–water partition coefficient (Wildman–Crippen LogP) is 2.42. The SMILES string of the molecule is C#CCn1c(CC(=O)O)nc2cc(C(C)C)ccc21. The molecule has 1 N–H and O–H groups in total. The van der Waals surface area contributed by atoms with Gasteiger partial charge in [0.25, 0.3) is 0 Å². The predicted molar refractivity (Wildman–Crippen MR) is 74.0 cm³/mol. The Morgan fingerprint density at radius 1 is 1.53 bits per heavy atom. The van der Waals surface area contributed by atoms with Crippen molar-refractivity contribution in [3.8, 4) is 12.3 Å². The van der Waals surface area contributed by atoms with Crippen LogP contribution in [0.15, 0.2) is 18.2 Å². The molecule has 0 saturated heterocycles. The number of imidazole rings is 1. The zero-order chi connectivity index (χ0) is 14.0. The van der Waals surface area contributed by atoms with Crippen molar-refractivity contribution in [2.75, 3.05) is 0 Å². The summed E-state index contributed by atoms with van der Waals surface area (Å²) in [4.78, 5) is 15.3. The zero-order valence-electron chi connectivity index (χ0n) is 11.1. The minimum atomic E-state index is -0.905. The van der Waals surface area contributed by atoms with Gasteiger partial charge in [0.1, 0.15) is 12.2 Å². The Morgan fingerprint density at radius 2 is 2.26 bits per heavy atom. The fourth-order valence-corrected chi connectivity index (χ4v) is 2.09. The van der Waals surface area contributed by atoms with Crippen LogP contribution in [0.5, 0.6) is 0 Å². The first-order valence-electron chi connectivity index (χ1n) is 6.17. The summed E-state index contributed by atoms with van der Waals surface area (Å²) >= 11 is 0. The van der Waals surface area contributed by atoms with Gasteiger partial charge in [0.2, 0.25) is 0 Å². The molecule has 1 aromatic carbocycles. The van der Waals surface area contributed by atoms with E-state index in [1.807, 2.05) is 18.2 Å². The highest BCUT2D eigenvalue weighted by molar-refractivity contribution is 5.79. The van der Waals surface area contributed by atoms with Gasteiger partial charge in [-0.05, 0) is 23.6 Å². The van der Waals surface area contributed by atoms with Crippen molar-refractivity contribution in [3.63, 3.8) is 0 Å².